The number of halogens is 2. The van der Waals surface area contributed by atoms with E-state index in [0.29, 0.717) is 6.04 Å². The summed E-state index contributed by atoms with van der Waals surface area (Å²) in [6.45, 7) is 3.17. The van der Waals surface area contributed by atoms with E-state index in [9.17, 15) is 0 Å². The van der Waals surface area contributed by atoms with Gasteiger partial charge in [-0.3, -0.25) is 0 Å². The third-order valence-electron chi connectivity index (χ3n) is 2.98. The van der Waals surface area contributed by atoms with Crippen LogP contribution in [0.1, 0.15) is 18.6 Å². The molecule has 0 unspecified atom stereocenters. The lowest BCUT2D eigenvalue weighted by Crippen LogP contribution is -2.40. The van der Waals surface area contributed by atoms with Crippen LogP contribution in [0.5, 0.6) is 0 Å². The second kappa shape index (κ2) is 5.67. The van der Waals surface area contributed by atoms with Crippen LogP contribution in [0.25, 0.3) is 0 Å². The first-order valence-corrected chi connectivity index (χ1v) is 7.09. The second-order valence-corrected chi connectivity index (χ2v) is 5.87. The van der Waals surface area contributed by atoms with Crippen LogP contribution < -0.4 is 5.32 Å². The molecule has 2 heterocycles. The predicted octanol–water partition coefficient (Wildman–Crippen LogP) is 2.99. The van der Waals surface area contributed by atoms with Gasteiger partial charge in [-0.1, -0.05) is 0 Å². The number of likely N-dealkylation sites (tertiary alicyclic amines) is 1. The molecule has 1 aliphatic rings. The van der Waals surface area contributed by atoms with Gasteiger partial charge in [-0.05, 0) is 70.9 Å². The van der Waals surface area contributed by atoms with Crippen molar-refractivity contribution in [3.8, 4) is 0 Å². The molecule has 0 amide bonds. The van der Waals surface area contributed by atoms with Gasteiger partial charge >= 0.3 is 0 Å². The molecule has 0 atom stereocenters. The minimum atomic E-state index is 0.624. The maximum Gasteiger partial charge on any atom is 0.183 e. The molecule has 0 bridgehead atoms. The van der Waals surface area contributed by atoms with Gasteiger partial charge in [0.2, 0.25) is 0 Å². The Bertz CT molecular complexity index is 326. The molecule has 2 rings (SSSR count). The van der Waals surface area contributed by atoms with E-state index in [1.807, 2.05) is 6.07 Å². The Labute approximate surface area is 113 Å². The van der Waals surface area contributed by atoms with Gasteiger partial charge in [0.1, 0.15) is 5.76 Å². The topological polar surface area (TPSA) is 28.4 Å². The second-order valence-electron chi connectivity index (χ2n) is 4.29. The van der Waals surface area contributed by atoms with Gasteiger partial charge in [-0.25, -0.2) is 0 Å². The number of piperidine rings is 1. The van der Waals surface area contributed by atoms with Gasteiger partial charge < -0.3 is 14.6 Å². The normalized spacial score (nSPS) is 19.2. The van der Waals surface area contributed by atoms with Crippen molar-refractivity contribution in [2.45, 2.75) is 25.4 Å². The third-order valence-corrected chi connectivity index (χ3v) is 4.69. The summed E-state index contributed by atoms with van der Waals surface area (Å²) in [5.74, 6) is 0.970. The van der Waals surface area contributed by atoms with Crippen LogP contribution in [0, 0.1) is 0 Å². The van der Waals surface area contributed by atoms with E-state index in [1.54, 1.807) is 0 Å². The van der Waals surface area contributed by atoms with E-state index < -0.39 is 0 Å². The summed E-state index contributed by atoms with van der Waals surface area (Å²) in [4.78, 5) is 2.37. The Morgan fingerprint density at radius 3 is 2.69 bits per heavy atom. The predicted molar refractivity (Wildman–Crippen MR) is 71.5 cm³/mol. The lowest BCUT2D eigenvalue weighted by atomic mass is 10.1. The number of hydrogen-bond acceptors (Lipinski definition) is 3. The molecule has 1 aromatic heterocycles. The van der Waals surface area contributed by atoms with Crippen LogP contribution in [-0.2, 0) is 6.54 Å². The molecule has 5 heteroatoms. The molecular formula is C11H16Br2N2O. The maximum atomic E-state index is 5.52. The van der Waals surface area contributed by atoms with Gasteiger partial charge in [0, 0.05) is 6.04 Å². The summed E-state index contributed by atoms with van der Waals surface area (Å²) in [5, 5.41) is 3.54. The fourth-order valence-electron chi connectivity index (χ4n) is 1.94. The molecule has 0 aromatic carbocycles. The monoisotopic (exact) mass is 350 g/mol. The SMILES string of the molecule is CN1CCC(NCc2cc(Br)c(Br)o2)CC1. The minimum absolute atomic E-state index is 0.624. The summed E-state index contributed by atoms with van der Waals surface area (Å²) < 4.78 is 7.27. The van der Waals surface area contributed by atoms with Crippen molar-refractivity contribution in [3.05, 3.63) is 21.0 Å². The first-order valence-electron chi connectivity index (χ1n) is 5.51. The Morgan fingerprint density at radius 1 is 1.44 bits per heavy atom. The van der Waals surface area contributed by atoms with Gasteiger partial charge in [0.25, 0.3) is 0 Å². The average Bonchev–Trinajstić information content (AvgIpc) is 2.58. The fraction of sp³-hybridized carbons (Fsp3) is 0.636. The van der Waals surface area contributed by atoms with Crippen LogP contribution in [0.2, 0.25) is 0 Å². The first-order chi connectivity index (χ1) is 7.65. The van der Waals surface area contributed by atoms with Crippen molar-refractivity contribution >= 4 is 31.9 Å². The molecular weight excluding hydrogens is 336 g/mol. The highest BCUT2D eigenvalue weighted by molar-refractivity contribution is 9.13. The lowest BCUT2D eigenvalue weighted by Gasteiger charge is -2.29. The van der Waals surface area contributed by atoms with E-state index in [4.69, 9.17) is 4.42 Å². The largest absolute Gasteiger partial charge is 0.452 e. The van der Waals surface area contributed by atoms with E-state index in [2.05, 4.69) is 49.1 Å². The van der Waals surface area contributed by atoms with Gasteiger partial charge in [-0.2, -0.15) is 0 Å². The van der Waals surface area contributed by atoms with Gasteiger partial charge in [-0.15, -0.1) is 0 Å². The molecule has 0 spiro atoms. The molecule has 90 valence electrons. The Balaban J connectivity index is 1.79. The Kier molecular flexibility index (Phi) is 4.47. The highest BCUT2D eigenvalue weighted by Crippen LogP contribution is 2.26. The third kappa shape index (κ3) is 3.32. The number of furan rings is 1. The molecule has 1 aliphatic heterocycles. The molecule has 0 radical (unpaired) electrons. The molecule has 0 aliphatic carbocycles. The maximum absolute atomic E-state index is 5.52. The molecule has 1 saturated heterocycles. The van der Waals surface area contributed by atoms with Gasteiger partial charge in [0.15, 0.2) is 4.67 Å². The molecule has 0 saturated carbocycles. The highest BCUT2D eigenvalue weighted by Gasteiger charge is 2.16. The molecule has 1 aromatic rings. The first kappa shape index (κ1) is 12.6. The molecule has 16 heavy (non-hydrogen) atoms. The lowest BCUT2D eigenvalue weighted by molar-refractivity contribution is 0.231. The van der Waals surface area contributed by atoms with Crippen molar-refractivity contribution in [2.24, 2.45) is 0 Å². The number of nitrogens with one attached hydrogen (secondary N) is 1. The molecule has 1 N–H and O–H groups in total. The summed E-state index contributed by atoms with van der Waals surface area (Å²) in [5.41, 5.74) is 0. The summed E-state index contributed by atoms with van der Waals surface area (Å²) in [6.07, 6.45) is 2.44. The van der Waals surface area contributed by atoms with Crippen LogP contribution in [0.4, 0.5) is 0 Å². The average molecular weight is 352 g/mol. The van der Waals surface area contributed by atoms with Crippen molar-refractivity contribution < 1.29 is 4.42 Å². The quantitative estimate of drug-likeness (QED) is 0.907. The fourth-order valence-corrected chi connectivity index (χ4v) is 2.59. The van der Waals surface area contributed by atoms with E-state index in [0.717, 1.165) is 21.4 Å². The standard InChI is InChI=1S/C11H16Br2N2O/c1-15-4-2-8(3-5-15)14-7-9-6-10(12)11(13)16-9/h6,8,14H,2-5,7H2,1H3. The van der Waals surface area contributed by atoms with E-state index >= 15 is 0 Å². The molecule has 3 nitrogen and oxygen atoms in total. The van der Waals surface area contributed by atoms with E-state index in [-0.39, 0.29) is 0 Å². The zero-order chi connectivity index (χ0) is 11.5. The van der Waals surface area contributed by atoms with Crippen molar-refractivity contribution in [1.82, 2.24) is 10.2 Å². The van der Waals surface area contributed by atoms with Gasteiger partial charge in [0.05, 0.1) is 11.0 Å². The Hall–Kier alpha value is 0.160. The highest BCUT2D eigenvalue weighted by atomic mass is 79.9. The van der Waals surface area contributed by atoms with Crippen molar-refractivity contribution in [1.29, 1.82) is 0 Å². The van der Waals surface area contributed by atoms with E-state index in [1.165, 1.54) is 25.9 Å². The zero-order valence-electron chi connectivity index (χ0n) is 9.30. The van der Waals surface area contributed by atoms with Crippen LogP contribution in [0.3, 0.4) is 0 Å². The number of nitrogens with zero attached hydrogens (tertiary/aromatic N) is 1. The number of hydrogen-bond donors (Lipinski definition) is 1. The number of rotatable bonds is 3. The van der Waals surface area contributed by atoms with Crippen molar-refractivity contribution in [2.75, 3.05) is 20.1 Å². The van der Waals surface area contributed by atoms with Crippen LogP contribution in [0.15, 0.2) is 19.6 Å². The minimum Gasteiger partial charge on any atom is -0.452 e. The van der Waals surface area contributed by atoms with Crippen LogP contribution >= 0.6 is 31.9 Å². The molecule has 1 fully saturated rings. The Morgan fingerprint density at radius 2 is 2.12 bits per heavy atom. The summed E-state index contributed by atoms with van der Waals surface area (Å²) in [7, 11) is 2.18. The van der Waals surface area contributed by atoms with Crippen molar-refractivity contribution in [3.63, 3.8) is 0 Å². The zero-order valence-corrected chi connectivity index (χ0v) is 12.5. The smallest absolute Gasteiger partial charge is 0.183 e. The summed E-state index contributed by atoms with van der Waals surface area (Å²) >= 11 is 6.76. The summed E-state index contributed by atoms with van der Waals surface area (Å²) in [6, 6.07) is 2.63. The van der Waals surface area contributed by atoms with Crippen LogP contribution in [-0.4, -0.2) is 31.1 Å².